The van der Waals surface area contributed by atoms with Gasteiger partial charge in [0.2, 0.25) is 0 Å². The molecule has 1 aromatic heterocycles. The number of nitro benzene ring substituents is 1. The van der Waals surface area contributed by atoms with Crippen LogP contribution in [0.25, 0.3) is 11.3 Å². The summed E-state index contributed by atoms with van der Waals surface area (Å²) >= 11 is 7.53. The van der Waals surface area contributed by atoms with Crippen LogP contribution < -0.4 is 4.80 Å². The normalized spacial score (nSPS) is 13.2. The van der Waals surface area contributed by atoms with Crippen molar-refractivity contribution in [2.45, 2.75) is 12.8 Å². The van der Waals surface area contributed by atoms with Gasteiger partial charge in [0.15, 0.2) is 4.80 Å². The largest absolute Gasteiger partial charge is 0.319 e. The van der Waals surface area contributed by atoms with Crippen LogP contribution in [0.5, 0.6) is 0 Å². The van der Waals surface area contributed by atoms with Crippen molar-refractivity contribution in [2.75, 3.05) is 0 Å². The number of fused-ring (bicyclic) bond motifs is 3. The van der Waals surface area contributed by atoms with Crippen LogP contribution in [0.3, 0.4) is 0 Å². The number of thiazole rings is 1. The van der Waals surface area contributed by atoms with E-state index in [0.717, 1.165) is 30.2 Å². The molecule has 0 spiro atoms. The van der Waals surface area contributed by atoms with E-state index in [1.54, 1.807) is 0 Å². The highest BCUT2D eigenvalue weighted by atomic mass is 35.5. The number of non-ortho nitro benzene ring substituents is 1. The number of hydrogen-bond acceptors (Lipinski definition) is 4. The Hall–Kier alpha value is -2.77. The summed E-state index contributed by atoms with van der Waals surface area (Å²) in [6.45, 7) is 0. The van der Waals surface area contributed by atoms with E-state index in [4.69, 9.17) is 11.6 Å². The molecule has 0 saturated carbocycles. The van der Waals surface area contributed by atoms with E-state index in [2.05, 4.69) is 17.1 Å². The first kappa shape index (κ1) is 17.6. The van der Waals surface area contributed by atoms with E-state index < -0.39 is 10.8 Å². The molecule has 0 N–H and O–H groups in total. The first-order valence-electron chi connectivity index (χ1n) is 8.25. The molecule has 2 aromatic carbocycles. The average molecular weight is 400 g/mol. The van der Waals surface area contributed by atoms with Gasteiger partial charge in [-0.25, -0.2) is 0 Å². The molecule has 27 heavy (non-hydrogen) atoms. The Labute approximate surface area is 163 Å². The van der Waals surface area contributed by atoms with Crippen LogP contribution in [0.4, 0.5) is 5.69 Å². The smallest absolute Gasteiger partial charge is 0.281 e. The molecule has 0 radical (unpaired) electrons. The van der Waals surface area contributed by atoms with Crippen LogP contribution >= 0.6 is 22.9 Å². The second kappa shape index (κ2) is 6.75. The summed E-state index contributed by atoms with van der Waals surface area (Å²) in [4.78, 5) is 29.0. The highest BCUT2D eigenvalue weighted by Crippen LogP contribution is 2.34. The van der Waals surface area contributed by atoms with Crippen molar-refractivity contribution < 1.29 is 9.72 Å². The number of aryl methyl sites for hydroxylation is 2. The monoisotopic (exact) mass is 399 g/mol. The first-order chi connectivity index (χ1) is 13.0. The minimum Gasteiger partial charge on any atom is -0.319 e. The van der Waals surface area contributed by atoms with E-state index >= 15 is 0 Å². The Morgan fingerprint density at radius 1 is 1.26 bits per heavy atom. The lowest BCUT2D eigenvalue weighted by Gasteiger charge is -2.16. The zero-order chi connectivity index (χ0) is 19.1. The maximum absolute atomic E-state index is 12.6. The van der Waals surface area contributed by atoms with Gasteiger partial charge in [-0.05, 0) is 24.5 Å². The van der Waals surface area contributed by atoms with Crippen molar-refractivity contribution in [2.24, 2.45) is 12.0 Å². The Balaban J connectivity index is 1.81. The number of nitro groups is 1. The standard InChI is InChI=1S/C19H14ClN3O3S/c1-22-17-13-5-3-2-4-11(13)6-9-16(17)27-19(22)21-18(24)14-10-12(23(25)26)7-8-15(14)20/h2-5,7-8,10H,6,9H2,1H3. The number of carbonyl (C=O) groups is 1. The van der Waals surface area contributed by atoms with Crippen molar-refractivity contribution in [1.82, 2.24) is 4.57 Å². The third-order valence-corrected chi connectivity index (χ3v) is 6.10. The van der Waals surface area contributed by atoms with Gasteiger partial charge in [-0.1, -0.05) is 35.9 Å². The second-order valence-corrected chi connectivity index (χ2v) is 7.68. The highest BCUT2D eigenvalue weighted by Gasteiger charge is 2.22. The lowest BCUT2D eigenvalue weighted by Crippen LogP contribution is -2.15. The molecular weight excluding hydrogens is 386 g/mol. The third-order valence-electron chi connectivity index (χ3n) is 4.58. The topological polar surface area (TPSA) is 77.5 Å². The zero-order valence-electron chi connectivity index (χ0n) is 14.3. The van der Waals surface area contributed by atoms with Crippen molar-refractivity contribution in [3.05, 3.63) is 78.4 Å². The predicted octanol–water partition coefficient (Wildman–Crippen LogP) is 4.15. The predicted molar refractivity (Wildman–Crippen MR) is 104 cm³/mol. The fraction of sp³-hybridized carbons (Fsp3) is 0.158. The molecule has 1 aliphatic carbocycles. The minimum absolute atomic E-state index is 0.0256. The van der Waals surface area contributed by atoms with Gasteiger partial charge in [-0.15, -0.1) is 11.3 Å². The first-order valence-corrected chi connectivity index (χ1v) is 9.45. The molecule has 1 heterocycles. The quantitative estimate of drug-likeness (QED) is 0.479. The van der Waals surface area contributed by atoms with Gasteiger partial charge in [0, 0.05) is 29.6 Å². The minimum atomic E-state index is -0.591. The molecule has 6 nitrogen and oxygen atoms in total. The van der Waals surface area contributed by atoms with Gasteiger partial charge in [-0.3, -0.25) is 14.9 Å². The molecule has 0 unspecified atom stereocenters. The molecule has 8 heteroatoms. The van der Waals surface area contributed by atoms with Crippen LogP contribution in [0, 0.1) is 10.1 Å². The van der Waals surface area contributed by atoms with Crippen LogP contribution in [0.2, 0.25) is 5.02 Å². The van der Waals surface area contributed by atoms with Crippen molar-refractivity contribution in [3.8, 4) is 11.3 Å². The fourth-order valence-corrected chi connectivity index (χ4v) is 4.59. The van der Waals surface area contributed by atoms with E-state index in [-0.39, 0.29) is 16.3 Å². The van der Waals surface area contributed by atoms with Gasteiger partial charge in [-0.2, -0.15) is 4.99 Å². The van der Waals surface area contributed by atoms with E-state index in [9.17, 15) is 14.9 Å². The molecule has 0 fully saturated rings. The average Bonchev–Trinajstić information content (AvgIpc) is 2.98. The summed E-state index contributed by atoms with van der Waals surface area (Å²) < 4.78 is 1.90. The number of hydrogen-bond donors (Lipinski definition) is 0. The summed E-state index contributed by atoms with van der Waals surface area (Å²) in [5.41, 5.74) is 3.33. The molecule has 4 rings (SSSR count). The Bertz CT molecular complexity index is 1160. The molecule has 0 bridgehead atoms. The maximum atomic E-state index is 12.6. The number of nitrogens with zero attached hydrogens (tertiary/aromatic N) is 3. The van der Waals surface area contributed by atoms with Crippen LogP contribution in [0.15, 0.2) is 47.5 Å². The molecule has 3 aromatic rings. The van der Waals surface area contributed by atoms with Gasteiger partial charge in [0.1, 0.15) is 0 Å². The fourth-order valence-electron chi connectivity index (χ4n) is 3.26. The highest BCUT2D eigenvalue weighted by molar-refractivity contribution is 7.09. The van der Waals surface area contributed by atoms with E-state index in [1.165, 1.54) is 33.9 Å². The number of aromatic nitrogens is 1. The van der Waals surface area contributed by atoms with Crippen LogP contribution in [0.1, 0.15) is 20.8 Å². The lowest BCUT2D eigenvalue weighted by molar-refractivity contribution is -0.384. The maximum Gasteiger partial charge on any atom is 0.281 e. The number of halogens is 1. The van der Waals surface area contributed by atoms with Crippen molar-refractivity contribution in [1.29, 1.82) is 0 Å². The van der Waals surface area contributed by atoms with Gasteiger partial charge in [0.05, 0.1) is 21.2 Å². The molecule has 1 amide bonds. The summed E-state index contributed by atoms with van der Waals surface area (Å²) in [5.74, 6) is -0.591. The summed E-state index contributed by atoms with van der Waals surface area (Å²) in [7, 11) is 1.87. The Kier molecular flexibility index (Phi) is 4.41. The zero-order valence-corrected chi connectivity index (χ0v) is 15.9. The summed E-state index contributed by atoms with van der Waals surface area (Å²) in [6.07, 6.45) is 1.85. The molecule has 0 saturated heterocycles. The number of benzene rings is 2. The third kappa shape index (κ3) is 3.09. The number of rotatable bonds is 2. The van der Waals surface area contributed by atoms with E-state index in [0.29, 0.717) is 4.80 Å². The van der Waals surface area contributed by atoms with Gasteiger partial charge >= 0.3 is 0 Å². The van der Waals surface area contributed by atoms with Crippen LogP contribution in [-0.4, -0.2) is 15.4 Å². The number of amides is 1. The summed E-state index contributed by atoms with van der Waals surface area (Å²) in [6, 6.07) is 12.0. The van der Waals surface area contributed by atoms with Gasteiger partial charge < -0.3 is 4.57 Å². The Morgan fingerprint density at radius 3 is 2.81 bits per heavy atom. The number of carbonyl (C=O) groups excluding carboxylic acids is 1. The van der Waals surface area contributed by atoms with Crippen LogP contribution in [-0.2, 0) is 19.9 Å². The summed E-state index contributed by atoms with van der Waals surface area (Å²) in [5, 5.41) is 11.1. The van der Waals surface area contributed by atoms with E-state index in [1.807, 2.05) is 23.7 Å². The van der Waals surface area contributed by atoms with Crippen molar-refractivity contribution >= 4 is 34.5 Å². The molecule has 0 atom stereocenters. The van der Waals surface area contributed by atoms with Crippen molar-refractivity contribution in [3.63, 3.8) is 0 Å². The molecular formula is C19H14ClN3O3S. The Morgan fingerprint density at radius 2 is 2.04 bits per heavy atom. The lowest BCUT2D eigenvalue weighted by atomic mass is 9.93. The second-order valence-electron chi connectivity index (χ2n) is 6.21. The SMILES string of the molecule is Cn1c2c(sc1=NC(=O)c1cc([N+](=O)[O-])ccc1Cl)CCc1ccccc1-2. The molecule has 0 aliphatic heterocycles. The molecule has 1 aliphatic rings. The molecule has 136 valence electrons. The van der Waals surface area contributed by atoms with Gasteiger partial charge in [0.25, 0.3) is 11.6 Å².